The quantitative estimate of drug-likeness (QED) is 0.627. The van der Waals surface area contributed by atoms with Crippen molar-refractivity contribution in [3.8, 4) is 0 Å². The standard InChI is InChI=1S/C19H16F3NO3/c1-2-26-18(25)14-7-9-16(10-8-14)23-17(24)11-6-13-4-3-5-15(12-13)19(20,21)22/h3-12H,2H2,1H3,(H,23,24). The van der Waals surface area contributed by atoms with Gasteiger partial charge in [-0.15, -0.1) is 0 Å². The number of halogens is 3. The molecule has 0 saturated carbocycles. The molecule has 0 fully saturated rings. The molecule has 0 atom stereocenters. The zero-order valence-corrected chi connectivity index (χ0v) is 13.8. The van der Waals surface area contributed by atoms with E-state index < -0.39 is 23.6 Å². The lowest BCUT2D eigenvalue weighted by Gasteiger charge is -2.07. The number of rotatable bonds is 5. The highest BCUT2D eigenvalue weighted by Crippen LogP contribution is 2.29. The van der Waals surface area contributed by atoms with Crippen LogP contribution in [0.3, 0.4) is 0 Å². The van der Waals surface area contributed by atoms with Gasteiger partial charge in [0, 0.05) is 11.8 Å². The summed E-state index contributed by atoms with van der Waals surface area (Å²) in [7, 11) is 0. The average Bonchev–Trinajstić information content (AvgIpc) is 2.60. The van der Waals surface area contributed by atoms with Crippen molar-refractivity contribution >= 4 is 23.6 Å². The van der Waals surface area contributed by atoms with E-state index in [2.05, 4.69) is 5.32 Å². The largest absolute Gasteiger partial charge is 0.462 e. The maximum Gasteiger partial charge on any atom is 0.416 e. The predicted molar refractivity (Wildman–Crippen MR) is 91.5 cm³/mol. The molecule has 0 spiro atoms. The Morgan fingerprint density at radius 3 is 2.42 bits per heavy atom. The molecular weight excluding hydrogens is 347 g/mol. The Balaban J connectivity index is 2.00. The van der Waals surface area contributed by atoms with Gasteiger partial charge in [0.25, 0.3) is 0 Å². The molecule has 0 radical (unpaired) electrons. The summed E-state index contributed by atoms with van der Waals surface area (Å²) in [6.45, 7) is 1.96. The number of carbonyl (C=O) groups excluding carboxylic acids is 2. The van der Waals surface area contributed by atoms with Crippen molar-refractivity contribution in [2.24, 2.45) is 0 Å². The third-order valence-electron chi connectivity index (χ3n) is 3.30. The summed E-state index contributed by atoms with van der Waals surface area (Å²) in [6, 6.07) is 10.7. The zero-order chi connectivity index (χ0) is 19.2. The molecule has 0 aromatic heterocycles. The molecular formula is C19H16F3NO3. The first-order valence-electron chi connectivity index (χ1n) is 7.73. The van der Waals surface area contributed by atoms with Crippen molar-refractivity contribution in [1.82, 2.24) is 0 Å². The van der Waals surface area contributed by atoms with Crippen LogP contribution in [0.2, 0.25) is 0 Å². The summed E-state index contributed by atoms with van der Waals surface area (Å²) >= 11 is 0. The van der Waals surface area contributed by atoms with Gasteiger partial charge < -0.3 is 10.1 Å². The lowest BCUT2D eigenvalue weighted by molar-refractivity contribution is -0.137. The highest BCUT2D eigenvalue weighted by molar-refractivity contribution is 6.02. The highest BCUT2D eigenvalue weighted by Gasteiger charge is 2.30. The summed E-state index contributed by atoms with van der Waals surface area (Å²) in [5.74, 6) is -0.971. The molecule has 0 aliphatic carbocycles. The smallest absolute Gasteiger partial charge is 0.416 e. The molecule has 4 nitrogen and oxygen atoms in total. The number of esters is 1. The molecule has 7 heteroatoms. The third kappa shape index (κ3) is 5.47. The number of carbonyl (C=O) groups is 2. The molecule has 2 rings (SSSR count). The Kier molecular flexibility index (Phi) is 6.16. The normalized spacial score (nSPS) is 11.4. The van der Waals surface area contributed by atoms with Crippen molar-refractivity contribution in [2.75, 3.05) is 11.9 Å². The van der Waals surface area contributed by atoms with Gasteiger partial charge in [-0.3, -0.25) is 4.79 Å². The van der Waals surface area contributed by atoms with Crippen molar-refractivity contribution in [2.45, 2.75) is 13.1 Å². The van der Waals surface area contributed by atoms with E-state index >= 15 is 0 Å². The maximum atomic E-state index is 12.7. The Bertz CT molecular complexity index is 812. The van der Waals surface area contributed by atoms with E-state index in [0.717, 1.165) is 18.2 Å². The van der Waals surface area contributed by atoms with Crippen LogP contribution in [-0.2, 0) is 15.7 Å². The van der Waals surface area contributed by atoms with Crippen molar-refractivity contribution in [3.05, 3.63) is 71.3 Å². The van der Waals surface area contributed by atoms with E-state index in [9.17, 15) is 22.8 Å². The topological polar surface area (TPSA) is 55.4 Å². The Labute approximate surface area is 148 Å². The highest BCUT2D eigenvalue weighted by atomic mass is 19.4. The minimum Gasteiger partial charge on any atom is -0.462 e. The van der Waals surface area contributed by atoms with Crippen LogP contribution in [0.4, 0.5) is 18.9 Å². The van der Waals surface area contributed by atoms with E-state index in [-0.39, 0.29) is 12.2 Å². The van der Waals surface area contributed by atoms with Crippen LogP contribution in [0.15, 0.2) is 54.6 Å². The minimum atomic E-state index is -4.44. The van der Waals surface area contributed by atoms with Crippen molar-refractivity contribution < 1.29 is 27.5 Å². The molecule has 0 heterocycles. The second-order valence-corrected chi connectivity index (χ2v) is 5.24. The van der Waals surface area contributed by atoms with Gasteiger partial charge in [-0.2, -0.15) is 13.2 Å². The maximum absolute atomic E-state index is 12.7. The number of alkyl halides is 3. The fraction of sp³-hybridized carbons (Fsp3) is 0.158. The molecule has 0 aliphatic heterocycles. The number of hydrogen-bond acceptors (Lipinski definition) is 3. The van der Waals surface area contributed by atoms with E-state index in [1.54, 1.807) is 6.92 Å². The lowest BCUT2D eigenvalue weighted by Crippen LogP contribution is -2.09. The van der Waals surface area contributed by atoms with Crippen LogP contribution in [0, 0.1) is 0 Å². The molecule has 2 aromatic rings. The summed E-state index contributed by atoms with van der Waals surface area (Å²) < 4.78 is 42.8. The van der Waals surface area contributed by atoms with Gasteiger partial charge in [0.05, 0.1) is 17.7 Å². The Morgan fingerprint density at radius 1 is 1.12 bits per heavy atom. The van der Waals surface area contributed by atoms with Crippen molar-refractivity contribution in [1.29, 1.82) is 0 Å². The number of anilines is 1. The fourth-order valence-corrected chi connectivity index (χ4v) is 2.08. The van der Waals surface area contributed by atoms with Gasteiger partial charge in [-0.25, -0.2) is 4.79 Å². The molecule has 0 saturated heterocycles. The second kappa shape index (κ2) is 8.33. The monoisotopic (exact) mass is 363 g/mol. The molecule has 0 aliphatic rings. The lowest BCUT2D eigenvalue weighted by atomic mass is 10.1. The second-order valence-electron chi connectivity index (χ2n) is 5.24. The zero-order valence-electron chi connectivity index (χ0n) is 13.8. The summed E-state index contributed by atoms with van der Waals surface area (Å²) in [5.41, 5.74) is 0.267. The number of hydrogen-bond donors (Lipinski definition) is 1. The van der Waals surface area contributed by atoms with Gasteiger partial charge in [0.15, 0.2) is 0 Å². The Hall–Kier alpha value is -3.09. The van der Waals surface area contributed by atoms with Gasteiger partial charge in [-0.1, -0.05) is 12.1 Å². The van der Waals surface area contributed by atoms with Gasteiger partial charge >= 0.3 is 12.1 Å². The van der Waals surface area contributed by atoms with Crippen LogP contribution in [-0.4, -0.2) is 18.5 Å². The first-order valence-corrected chi connectivity index (χ1v) is 7.73. The molecule has 1 N–H and O–H groups in total. The summed E-state index contributed by atoms with van der Waals surface area (Å²) in [4.78, 5) is 23.4. The molecule has 1 amide bonds. The minimum absolute atomic E-state index is 0.257. The molecule has 0 unspecified atom stereocenters. The number of ether oxygens (including phenoxy) is 1. The van der Waals surface area contributed by atoms with Gasteiger partial charge in [0.2, 0.25) is 5.91 Å². The van der Waals surface area contributed by atoms with Crippen LogP contribution >= 0.6 is 0 Å². The Morgan fingerprint density at radius 2 is 1.81 bits per heavy atom. The van der Waals surface area contributed by atoms with Crippen LogP contribution in [0.25, 0.3) is 6.08 Å². The number of benzene rings is 2. The number of nitrogens with one attached hydrogen (secondary N) is 1. The summed E-state index contributed by atoms with van der Waals surface area (Å²) in [6.07, 6.45) is -2.01. The van der Waals surface area contributed by atoms with Crippen LogP contribution < -0.4 is 5.32 Å². The van der Waals surface area contributed by atoms with Gasteiger partial charge in [-0.05, 0) is 55.0 Å². The first-order chi connectivity index (χ1) is 12.3. The van der Waals surface area contributed by atoms with Gasteiger partial charge in [0.1, 0.15) is 0 Å². The molecule has 26 heavy (non-hydrogen) atoms. The van der Waals surface area contributed by atoms with Crippen LogP contribution in [0.5, 0.6) is 0 Å². The fourth-order valence-electron chi connectivity index (χ4n) is 2.08. The number of amides is 1. The van der Waals surface area contributed by atoms with Crippen molar-refractivity contribution in [3.63, 3.8) is 0 Å². The first kappa shape index (κ1) is 19.2. The van der Waals surface area contributed by atoms with E-state index in [1.165, 1.54) is 42.5 Å². The SMILES string of the molecule is CCOC(=O)c1ccc(NC(=O)C=Cc2cccc(C(F)(F)F)c2)cc1. The predicted octanol–water partition coefficient (Wildman–Crippen LogP) is 4.53. The third-order valence-corrected chi connectivity index (χ3v) is 3.30. The molecule has 136 valence electrons. The van der Waals surface area contributed by atoms with E-state index in [1.807, 2.05) is 0 Å². The summed E-state index contributed by atoms with van der Waals surface area (Å²) in [5, 5.41) is 2.56. The molecule has 0 bridgehead atoms. The van der Waals surface area contributed by atoms with E-state index in [4.69, 9.17) is 4.74 Å². The van der Waals surface area contributed by atoms with E-state index in [0.29, 0.717) is 11.3 Å². The average molecular weight is 363 g/mol. The molecule has 2 aromatic carbocycles. The van der Waals surface area contributed by atoms with Crippen LogP contribution in [0.1, 0.15) is 28.4 Å².